The lowest BCUT2D eigenvalue weighted by molar-refractivity contribution is 0.328. The second kappa shape index (κ2) is 7.74. The van der Waals surface area contributed by atoms with Crippen LogP contribution in [0.25, 0.3) is 27.6 Å². The highest BCUT2D eigenvalue weighted by Crippen LogP contribution is 2.35. The van der Waals surface area contributed by atoms with Gasteiger partial charge in [0.2, 0.25) is 0 Å². The first-order valence-corrected chi connectivity index (χ1v) is 11.2. The number of fused-ring (bicyclic) bond motifs is 2. The van der Waals surface area contributed by atoms with Crippen LogP contribution in [0.15, 0.2) is 36.8 Å². The Morgan fingerprint density at radius 2 is 1.93 bits per heavy atom. The summed E-state index contributed by atoms with van der Waals surface area (Å²) in [6, 6.07) is 6.81. The fourth-order valence-electron chi connectivity index (χ4n) is 4.82. The molecule has 1 fully saturated rings. The molecule has 1 N–H and O–H groups in total. The molecule has 6 heteroatoms. The van der Waals surface area contributed by atoms with Gasteiger partial charge in [0.15, 0.2) is 5.65 Å². The van der Waals surface area contributed by atoms with Crippen LogP contribution in [0.4, 0.5) is 5.69 Å². The molecule has 0 saturated heterocycles. The Morgan fingerprint density at radius 3 is 2.67 bits per heavy atom. The number of aromatic nitrogens is 5. The van der Waals surface area contributed by atoms with Gasteiger partial charge in [0.25, 0.3) is 0 Å². The molecule has 1 aliphatic rings. The summed E-state index contributed by atoms with van der Waals surface area (Å²) in [5.74, 6) is 0.718. The standard InChI is InChI=1S/C24H30N6/c1-4-29-24-21(14-26-29)23(27-17(3)18-8-6-5-7-9-18)20-12-19(10-11-22(20)28-24)30-15-16(2)13-25-30/h10-15,17-18H,4-9H2,1-3H3,(H,27,28)/t17-/m0/s1. The summed E-state index contributed by atoms with van der Waals surface area (Å²) in [4.78, 5) is 4.96. The van der Waals surface area contributed by atoms with E-state index in [2.05, 4.69) is 60.7 Å². The SMILES string of the molecule is CCn1ncc2c(N[C@@H](C)C3CCCCC3)c3cc(-n4cc(C)cn4)ccc3nc21. The molecule has 6 nitrogen and oxygen atoms in total. The monoisotopic (exact) mass is 402 g/mol. The average molecular weight is 403 g/mol. The summed E-state index contributed by atoms with van der Waals surface area (Å²) in [5.41, 5.74) is 5.29. The summed E-state index contributed by atoms with van der Waals surface area (Å²) in [6.07, 6.45) is 12.6. The molecule has 1 atom stereocenters. The van der Waals surface area contributed by atoms with Gasteiger partial charge in [-0.25, -0.2) is 14.3 Å². The molecular weight excluding hydrogens is 372 g/mol. The summed E-state index contributed by atoms with van der Waals surface area (Å²) in [6.45, 7) is 7.32. The number of hydrogen-bond donors (Lipinski definition) is 1. The number of hydrogen-bond acceptors (Lipinski definition) is 4. The maximum absolute atomic E-state index is 4.96. The fourth-order valence-corrected chi connectivity index (χ4v) is 4.82. The van der Waals surface area contributed by atoms with Gasteiger partial charge in [-0.2, -0.15) is 10.2 Å². The summed E-state index contributed by atoms with van der Waals surface area (Å²) >= 11 is 0. The predicted molar refractivity (Wildman–Crippen MR) is 122 cm³/mol. The Labute approximate surface area is 177 Å². The molecule has 0 radical (unpaired) electrons. The first kappa shape index (κ1) is 19.1. The lowest BCUT2D eigenvalue weighted by Crippen LogP contribution is -2.27. The van der Waals surface area contributed by atoms with Crippen molar-refractivity contribution in [3.63, 3.8) is 0 Å². The van der Waals surface area contributed by atoms with E-state index in [1.165, 1.54) is 32.1 Å². The third-order valence-electron chi connectivity index (χ3n) is 6.56. The molecule has 0 unspecified atom stereocenters. The van der Waals surface area contributed by atoms with Crippen molar-refractivity contribution in [1.29, 1.82) is 0 Å². The van der Waals surface area contributed by atoms with Gasteiger partial charge in [0, 0.05) is 24.2 Å². The molecule has 1 aromatic carbocycles. The molecule has 3 aromatic heterocycles. The van der Waals surface area contributed by atoms with Crippen molar-refractivity contribution in [2.45, 2.75) is 65.5 Å². The minimum atomic E-state index is 0.416. The molecule has 30 heavy (non-hydrogen) atoms. The first-order valence-electron chi connectivity index (χ1n) is 11.2. The maximum atomic E-state index is 4.96. The molecule has 0 bridgehead atoms. The highest BCUT2D eigenvalue weighted by molar-refractivity contribution is 6.07. The van der Waals surface area contributed by atoms with E-state index in [1.54, 1.807) is 0 Å². The fraction of sp³-hybridized carbons (Fsp3) is 0.458. The van der Waals surface area contributed by atoms with Gasteiger partial charge >= 0.3 is 0 Å². The number of benzene rings is 1. The zero-order chi connectivity index (χ0) is 20.7. The zero-order valence-electron chi connectivity index (χ0n) is 18.1. The molecule has 1 aliphatic carbocycles. The van der Waals surface area contributed by atoms with Crippen molar-refractivity contribution in [1.82, 2.24) is 24.5 Å². The van der Waals surface area contributed by atoms with Gasteiger partial charge in [-0.1, -0.05) is 19.3 Å². The maximum Gasteiger partial charge on any atom is 0.160 e. The molecule has 0 spiro atoms. The second-order valence-corrected chi connectivity index (χ2v) is 8.68. The van der Waals surface area contributed by atoms with Gasteiger partial charge in [0.1, 0.15) is 0 Å². The van der Waals surface area contributed by atoms with Gasteiger partial charge in [0.05, 0.1) is 34.7 Å². The Hall–Kier alpha value is -2.89. The quantitative estimate of drug-likeness (QED) is 0.480. The van der Waals surface area contributed by atoms with Crippen molar-refractivity contribution in [3.05, 3.63) is 42.4 Å². The predicted octanol–water partition coefficient (Wildman–Crippen LogP) is 5.48. The Balaban J connectivity index is 1.65. The summed E-state index contributed by atoms with van der Waals surface area (Å²) in [7, 11) is 0. The zero-order valence-corrected chi connectivity index (χ0v) is 18.1. The van der Waals surface area contributed by atoms with Crippen LogP contribution < -0.4 is 5.32 Å². The summed E-state index contributed by atoms with van der Waals surface area (Å²) < 4.78 is 3.92. The molecule has 1 saturated carbocycles. The number of aryl methyl sites for hydroxylation is 2. The van der Waals surface area contributed by atoms with Crippen LogP contribution in [0, 0.1) is 12.8 Å². The smallest absolute Gasteiger partial charge is 0.160 e. The topological polar surface area (TPSA) is 60.6 Å². The van der Waals surface area contributed by atoms with Crippen molar-refractivity contribution < 1.29 is 0 Å². The van der Waals surface area contributed by atoms with Crippen molar-refractivity contribution >= 4 is 27.6 Å². The van der Waals surface area contributed by atoms with E-state index in [1.807, 2.05) is 21.8 Å². The largest absolute Gasteiger partial charge is 0.381 e. The minimum absolute atomic E-state index is 0.416. The summed E-state index contributed by atoms with van der Waals surface area (Å²) in [5, 5.41) is 15.2. The minimum Gasteiger partial charge on any atom is -0.381 e. The van der Waals surface area contributed by atoms with E-state index in [0.717, 1.165) is 51.3 Å². The van der Waals surface area contributed by atoms with Crippen LogP contribution in [-0.2, 0) is 6.54 Å². The highest BCUT2D eigenvalue weighted by Gasteiger charge is 2.22. The van der Waals surface area contributed by atoms with Gasteiger partial charge in [-0.3, -0.25) is 0 Å². The van der Waals surface area contributed by atoms with E-state index < -0.39 is 0 Å². The molecule has 156 valence electrons. The molecule has 5 rings (SSSR count). The molecular formula is C24H30N6. The Morgan fingerprint density at radius 1 is 1.10 bits per heavy atom. The third-order valence-corrected chi connectivity index (χ3v) is 6.56. The van der Waals surface area contributed by atoms with Crippen LogP contribution >= 0.6 is 0 Å². The molecule has 0 aliphatic heterocycles. The second-order valence-electron chi connectivity index (χ2n) is 8.68. The van der Waals surface area contributed by atoms with Crippen LogP contribution in [-0.4, -0.2) is 30.6 Å². The average Bonchev–Trinajstić information content (AvgIpc) is 3.39. The van der Waals surface area contributed by atoms with Crippen LogP contribution in [0.1, 0.15) is 51.5 Å². The van der Waals surface area contributed by atoms with E-state index in [0.29, 0.717) is 6.04 Å². The van der Waals surface area contributed by atoms with Crippen molar-refractivity contribution in [3.8, 4) is 5.69 Å². The van der Waals surface area contributed by atoms with E-state index in [4.69, 9.17) is 4.98 Å². The number of anilines is 1. The molecule has 0 amide bonds. The van der Waals surface area contributed by atoms with E-state index in [9.17, 15) is 0 Å². The van der Waals surface area contributed by atoms with E-state index in [-0.39, 0.29) is 0 Å². The van der Waals surface area contributed by atoms with Crippen LogP contribution in [0.2, 0.25) is 0 Å². The molecule has 4 aromatic rings. The normalized spacial score (nSPS) is 16.4. The number of nitrogens with one attached hydrogen (secondary N) is 1. The Bertz CT molecular complexity index is 1180. The van der Waals surface area contributed by atoms with Gasteiger partial charge in [-0.05, 0) is 63.3 Å². The number of nitrogens with zero attached hydrogens (tertiary/aromatic N) is 5. The first-order chi connectivity index (χ1) is 14.6. The lowest BCUT2D eigenvalue weighted by atomic mass is 9.84. The van der Waals surface area contributed by atoms with Gasteiger partial charge in [-0.15, -0.1) is 0 Å². The van der Waals surface area contributed by atoms with Crippen molar-refractivity contribution in [2.24, 2.45) is 5.92 Å². The van der Waals surface area contributed by atoms with E-state index >= 15 is 0 Å². The van der Waals surface area contributed by atoms with Crippen molar-refractivity contribution in [2.75, 3.05) is 5.32 Å². The number of pyridine rings is 1. The highest BCUT2D eigenvalue weighted by atomic mass is 15.3. The lowest BCUT2D eigenvalue weighted by Gasteiger charge is -2.29. The molecule has 3 heterocycles. The Kier molecular flexibility index (Phi) is 4.93. The van der Waals surface area contributed by atoms with Gasteiger partial charge < -0.3 is 5.32 Å². The third kappa shape index (κ3) is 3.34. The van der Waals surface area contributed by atoms with Crippen LogP contribution in [0.3, 0.4) is 0 Å². The number of rotatable bonds is 5. The van der Waals surface area contributed by atoms with Crippen LogP contribution in [0.5, 0.6) is 0 Å².